The summed E-state index contributed by atoms with van der Waals surface area (Å²) in [5, 5.41) is 5.80. The molecule has 0 radical (unpaired) electrons. The number of ether oxygens (including phenoxy) is 1. The van der Waals surface area contributed by atoms with E-state index in [1.807, 2.05) is 12.1 Å². The summed E-state index contributed by atoms with van der Waals surface area (Å²) < 4.78 is 43.5. The van der Waals surface area contributed by atoms with Gasteiger partial charge in [-0.3, -0.25) is 4.79 Å². The summed E-state index contributed by atoms with van der Waals surface area (Å²) in [7, 11) is 0. The summed E-state index contributed by atoms with van der Waals surface area (Å²) in [5.41, 5.74) is 1.08. The molecule has 2 aliphatic heterocycles. The Bertz CT molecular complexity index is 810. The molecule has 4 rings (SSSR count). The number of anilines is 1. The molecule has 2 aromatic rings. The van der Waals surface area contributed by atoms with E-state index in [9.17, 15) is 18.0 Å². The number of carbonyl (C=O) groups excluding carboxylic acids is 1. The Morgan fingerprint density at radius 1 is 1.24 bits per heavy atom. The molecule has 1 aromatic carbocycles. The molecule has 9 heteroatoms. The largest absolute Gasteiger partial charge is 0.451 e. The van der Waals surface area contributed by atoms with Crippen LogP contribution in [0.25, 0.3) is 0 Å². The molecule has 2 aliphatic rings. The van der Waals surface area contributed by atoms with Crippen LogP contribution in [0.15, 0.2) is 36.5 Å². The highest BCUT2D eigenvalue weighted by atomic mass is 19.4. The van der Waals surface area contributed by atoms with E-state index < -0.39 is 17.9 Å². The smallest absolute Gasteiger partial charge is 0.365 e. The minimum atomic E-state index is -4.70. The van der Waals surface area contributed by atoms with E-state index >= 15 is 0 Å². The van der Waals surface area contributed by atoms with Gasteiger partial charge in [0.1, 0.15) is 11.8 Å². The number of nitrogens with one attached hydrogen (secondary N) is 2. The Labute approximate surface area is 140 Å². The lowest BCUT2D eigenvalue weighted by Crippen LogP contribution is -2.69. The Hall–Kier alpha value is -2.52. The van der Waals surface area contributed by atoms with Crippen molar-refractivity contribution in [2.24, 2.45) is 0 Å². The van der Waals surface area contributed by atoms with Crippen LogP contribution in [0.5, 0.6) is 0 Å². The predicted molar refractivity (Wildman–Crippen MR) is 80.8 cm³/mol. The standard InChI is InChI=1S/C16H13F3N4O2/c17-16(18,19)15-20-6-5-10(23-15)14(24)22-9-3-1-8(2-4-9)13-12-11(25-13)7-21-12/h1-6,11-13,21H,7H2,(H,22,24)/t11?,12-,13+/m1/s1. The number of aromatic nitrogens is 2. The minimum absolute atomic E-state index is 0.000269. The van der Waals surface area contributed by atoms with Gasteiger partial charge in [-0.1, -0.05) is 12.1 Å². The molecule has 0 saturated carbocycles. The average Bonchev–Trinajstić information content (AvgIpc) is 2.57. The quantitative estimate of drug-likeness (QED) is 0.887. The Balaban J connectivity index is 1.44. The van der Waals surface area contributed by atoms with Crippen molar-refractivity contribution >= 4 is 11.6 Å². The number of hydrogen-bond acceptors (Lipinski definition) is 5. The molecule has 1 unspecified atom stereocenters. The van der Waals surface area contributed by atoms with Gasteiger partial charge in [-0.2, -0.15) is 13.2 Å². The van der Waals surface area contributed by atoms with Crippen LogP contribution in [0, 0.1) is 0 Å². The molecule has 0 aliphatic carbocycles. The molecular formula is C16H13F3N4O2. The predicted octanol–water partition coefficient (Wildman–Crippen LogP) is 2.16. The van der Waals surface area contributed by atoms with Crippen molar-refractivity contribution in [1.29, 1.82) is 0 Å². The molecule has 2 N–H and O–H groups in total. The summed E-state index contributed by atoms with van der Waals surface area (Å²) in [6.45, 7) is 0.869. The van der Waals surface area contributed by atoms with Gasteiger partial charge in [0.15, 0.2) is 0 Å². The minimum Gasteiger partial charge on any atom is -0.365 e. The number of hydrogen-bond donors (Lipinski definition) is 2. The highest BCUT2D eigenvalue weighted by Gasteiger charge is 2.49. The van der Waals surface area contributed by atoms with Crippen LogP contribution in [-0.4, -0.2) is 34.6 Å². The van der Waals surface area contributed by atoms with Gasteiger partial charge in [0.2, 0.25) is 5.82 Å². The maximum absolute atomic E-state index is 12.6. The van der Waals surface area contributed by atoms with Crippen LogP contribution in [0.2, 0.25) is 0 Å². The average molecular weight is 350 g/mol. The molecule has 3 heterocycles. The van der Waals surface area contributed by atoms with Crippen LogP contribution in [0.4, 0.5) is 18.9 Å². The summed E-state index contributed by atoms with van der Waals surface area (Å²) in [4.78, 5) is 18.5. The van der Waals surface area contributed by atoms with Gasteiger partial charge in [-0.15, -0.1) is 0 Å². The van der Waals surface area contributed by atoms with Gasteiger partial charge in [-0.25, -0.2) is 9.97 Å². The Kier molecular flexibility index (Phi) is 3.69. The van der Waals surface area contributed by atoms with E-state index in [2.05, 4.69) is 20.6 Å². The lowest BCUT2D eigenvalue weighted by molar-refractivity contribution is -0.203. The molecule has 0 bridgehead atoms. The maximum atomic E-state index is 12.6. The molecule has 0 spiro atoms. The second-order valence-corrected chi connectivity index (χ2v) is 5.87. The first kappa shape index (κ1) is 16.0. The van der Waals surface area contributed by atoms with Gasteiger partial charge in [-0.05, 0) is 23.8 Å². The van der Waals surface area contributed by atoms with Crippen molar-refractivity contribution in [3.63, 3.8) is 0 Å². The van der Waals surface area contributed by atoms with Gasteiger partial charge in [0.25, 0.3) is 5.91 Å². The van der Waals surface area contributed by atoms with E-state index in [-0.39, 0.29) is 17.9 Å². The molecular weight excluding hydrogens is 337 g/mol. The van der Waals surface area contributed by atoms with Crippen LogP contribution in [0.1, 0.15) is 28.0 Å². The molecule has 1 amide bonds. The maximum Gasteiger partial charge on any atom is 0.451 e. The zero-order chi connectivity index (χ0) is 17.6. The normalized spacial score (nSPS) is 24.7. The number of benzene rings is 1. The third-order valence-corrected chi connectivity index (χ3v) is 4.24. The van der Waals surface area contributed by atoms with Crippen LogP contribution in [-0.2, 0) is 10.9 Å². The van der Waals surface area contributed by atoms with Gasteiger partial charge >= 0.3 is 6.18 Å². The number of carbonyl (C=O) groups is 1. The van der Waals surface area contributed by atoms with E-state index in [0.29, 0.717) is 11.7 Å². The number of halogens is 3. The molecule has 25 heavy (non-hydrogen) atoms. The van der Waals surface area contributed by atoms with E-state index in [1.54, 1.807) is 12.1 Å². The Morgan fingerprint density at radius 3 is 2.56 bits per heavy atom. The monoisotopic (exact) mass is 350 g/mol. The molecule has 130 valence electrons. The molecule has 2 fully saturated rings. The Morgan fingerprint density at radius 2 is 2.00 bits per heavy atom. The van der Waals surface area contributed by atoms with Crippen LogP contribution in [0.3, 0.4) is 0 Å². The van der Waals surface area contributed by atoms with Crippen molar-refractivity contribution in [1.82, 2.24) is 15.3 Å². The molecule has 2 saturated heterocycles. The first-order valence-corrected chi connectivity index (χ1v) is 7.62. The lowest BCUT2D eigenvalue weighted by Gasteiger charge is -2.53. The van der Waals surface area contributed by atoms with E-state index in [4.69, 9.17) is 4.74 Å². The summed E-state index contributed by atoms with van der Waals surface area (Å²) in [6, 6.07) is 8.45. The van der Waals surface area contributed by atoms with Crippen molar-refractivity contribution in [3.05, 3.63) is 53.6 Å². The third-order valence-electron chi connectivity index (χ3n) is 4.24. The van der Waals surface area contributed by atoms with Crippen molar-refractivity contribution in [2.45, 2.75) is 24.4 Å². The number of amides is 1. The first-order chi connectivity index (χ1) is 11.9. The number of morpholine rings is 1. The van der Waals surface area contributed by atoms with Gasteiger partial charge < -0.3 is 15.4 Å². The van der Waals surface area contributed by atoms with Crippen molar-refractivity contribution in [3.8, 4) is 0 Å². The second kappa shape index (κ2) is 5.78. The fourth-order valence-electron chi connectivity index (χ4n) is 2.83. The summed E-state index contributed by atoms with van der Waals surface area (Å²) in [5.74, 6) is -2.08. The summed E-state index contributed by atoms with van der Waals surface area (Å²) in [6.07, 6.45) is -3.51. The zero-order valence-corrected chi connectivity index (χ0v) is 12.7. The highest BCUT2D eigenvalue weighted by Crippen LogP contribution is 2.39. The number of rotatable bonds is 3. The number of alkyl halides is 3. The molecule has 3 atom stereocenters. The molecule has 6 nitrogen and oxygen atoms in total. The van der Waals surface area contributed by atoms with Crippen molar-refractivity contribution in [2.75, 3.05) is 11.9 Å². The first-order valence-electron chi connectivity index (χ1n) is 7.62. The van der Waals surface area contributed by atoms with Crippen molar-refractivity contribution < 1.29 is 22.7 Å². The fraction of sp³-hybridized carbons (Fsp3) is 0.312. The zero-order valence-electron chi connectivity index (χ0n) is 12.7. The number of fused-ring (bicyclic) bond motifs is 1. The number of nitrogens with zero attached hydrogens (tertiary/aromatic N) is 2. The lowest BCUT2D eigenvalue weighted by atomic mass is 9.86. The fourth-order valence-corrected chi connectivity index (χ4v) is 2.83. The topological polar surface area (TPSA) is 76.1 Å². The third kappa shape index (κ3) is 2.96. The van der Waals surface area contributed by atoms with Crippen LogP contribution < -0.4 is 10.6 Å². The van der Waals surface area contributed by atoms with Gasteiger partial charge in [0.05, 0.1) is 12.1 Å². The second-order valence-electron chi connectivity index (χ2n) is 5.87. The highest BCUT2D eigenvalue weighted by molar-refractivity contribution is 6.02. The van der Waals surface area contributed by atoms with E-state index in [0.717, 1.165) is 24.4 Å². The summed E-state index contributed by atoms with van der Waals surface area (Å²) >= 11 is 0. The van der Waals surface area contributed by atoms with Crippen LogP contribution >= 0.6 is 0 Å². The van der Waals surface area contributed by atoms with E-state index in [1.165, 1.54) is 0 Å². The molecule has 1 aromatic heterocycles. The SMILES string of the molecule is O=C(Nc1ccc([C@@H]2OC3CN[C@H]32)cc1)c1ccnc(C(F)(F)F)n1. The van der Waals surface area contributed by atoms with Gasteiger partial charge in [0, 0.05) is 18.4 Å².